The molecule has 1 aromatic carbocycles. The van der Waals surface area contributed by atoms with Gasteiger partial charge in [0.1, 0.15) is 0 Å². The van der Waals surface area contributed by atoms with Gasteiger partial charge >= 0.3 is 0 Å². The highest BCUT2D eigenvalue weighted by Gasteiger charge is 2.28. The minimum Gasteiger partial charge on any atom is -0.204 e. The standard InChI is InChI=1S/C9H8BF5/c1-3-10(2)4-5(11)7(13)9(15)8(14)6(4)12/h3H2,1-2H3. The van der Waals surface area contributed by atoms with Gasteiger partial charge in [0, 0.05) is 0 Å². The molecule has 0 aliphatic heterocycles. The fraction of sp³-hybridized carbons (Fsp3) is 0.333. The molecule has 0 unspecified atom stereocenters. The van der Waals surface area contributed by atoms with E-state index in [9.17, 15) is 22.0 Å². The summed E-state index contributed by atoms with van der Waals surface area (Å²) in [5.41, 5.74) is -0.742. The lowest BCUT2D eigenvalue weighted by molar-refractivity contribution is 0.384. The van der Waals surface area contributed by atoms with Gasteiger partial charge in [-0.15, -0.1) is 0 Å². The molecule has 0 saturated heterocycles. The highest BCUT2D eigenvalue weighted by Crippen LogP contribution is 2.17. The van der Waals surface area contributed by atoms with Gasteiger partial charge in [0.25, 0.3) is 0 Å². The summed E-state index contributed by atoms with van der Waals surface area (Å²) in [6, 6.07) is 0. The summed E-state index contributed by atoms with van der Waals surface area (Å²) >= 11 is 0. The zero-order valence-corrected chi connectivity index (χ0v) is 8.17. The molecule has 0 atom stereocenters. The molecule has 0 N–H and O–H groups in total. The summed E-state index contributed by atoms with van der Waals surface area (Å²) in [7, 11) is 0. The number of hydrogen-bond acceptors (Lipinski definition) is 0. The lowest BCUT2D eigenvalue weighted by atomic mass is 9.45. The minimum atomic E-state index is -2.11. The maximum atomic E-state index is 13.1. The van der Waals surface area contributed by atoms with Crippen LogP contribution in [-0.2, 0) is 0 Å². The van der Waals surface area contributed by atoms with E-state index in [1.165, 1.54) is 6.82 Å². The van der Waals surface area contributed by atoms with Crippen molar-refractivity contribution in [1.29, 1.82) is 0 Å². The fourth-order valence-electron chi connectivity index (χ4n) is 1.26. The predicted octanol–water partition coefficient (Wildman–Crippen LogP) is 2.73. The Morgan fingerprint density at radius 2 is 1.13 bits per heavy atom. The average molecular weight is 222 g/mol. The third-order valence-electron chi connectivity index (χ3n) is 2.35. The summed E-state index contributed by atoms with van der Waals surface area (Å²) in [5, 5.41) is 0. The van der Waals surface area contributed by atoms with Crippen LogP contribution in [0.15, 0.2) is 0 Å². The van der Waals surface area contributed by atoms with Crippen LogP contribution in [0.4, 0.5) is 22.0 Å². The van der Waals surface area contributed by atoms with E-state index in [4.69, 9.17) is 0 Å². The molecule has 1 aromatic rings. The summed E-state index contributed by atoms with van der Waals surface area (Å²) in [6.45, 7) is 2.29. The molecular formula is C9H8BF5. The van der Waals surface area contributed by atoms with Gasteiger partial charge in [-0.3, -0.25) is 0 Å². The van der Waals surface area contributed by atoms with E-state index in [0.29, 0.717) is 6.32 Å². The van der Waals surface area contributed by atoms with Crippen LogP contribution in [0, 0.1) is 29.1 Å². The van der Waals surface area contributed by atoms with Crippen LogP contribution >= 0.6 is 0 Å². The molecular weight excluding hydrogens is 214 g/mol. The van der Waals surface area contributed by atoms with Crippen LogP contribution in [0.5, 0.6) is 0 Å². The monoisotopic (exact) mass is 222 g/mol. The van der Waals surface area contributed by atoms with Crippen molar-refractivity contribution in [3.63, 3.8) is 0 Å². The van der Waals surface area contributed by atoms with Crippen LogP contribution in [0.2, 0.25) is 13.1 Å². The van der Waals surface area contributed by atoms with Gasteiger partial charge in [-0.1, -0.05) is 20.1 Å². The van der Waals surface area contributed by atoms with Crippen LogP contribution < -0.4 is 5.46 Å². The molecule has 0 bridgehead atoms. The maximum Gasteiger partial charge on any atom is 0.200 e. The van der Waals surface area contributed by atoms with Crippen molar-refractivity contribution in [1.82, 2.24) is 0 Å². The number of rotatable bonds is 2. The third-order valence-corrected chi connectivity index (χ3v) is 2.35. The highest BCUT2D eigenvalue weighted by atomic mass is 19.2. The molecule has 0 aromatic heterocycles. The normalized spacial score (nSPS) is 10.6. The van der Waals surface area contributed by atoms with Crippen molar-refractivity contribution >= 4 is 12.2 Å². The van der Waals surface area contributed by atoms with Crippen molar-refractivity contribution in [3.8, 4) is 0 Å². The summed E-state index contributed by atoms with van der Waals surface area (Å²) in [6.07, 6.45) is 0.290. The van der Waals surface area contributed by atoms with Gasteiger partial charge in [0.2, 0.25) is 0 Å². The minimum absolute atomic E-state index is 0.290. The van der Waals surface area contributed by atoms with Crippen LogP contribution in [0.25, 0.3) is 0 Å². The van der Waals surface area contributed by atoms with Gasteiger partial charge in [-0.2, -0.15) is 0 Å². The number of hydrogen-bond donors (Lipinski definition) is 0. The Morgan fingerprint density at radius 3 is 1.47 bits per heavy atom. The molecule has 0 saturated carbocycles. The van der Waals surface area contributed by atoms with E-state index in [1.807, 2.05) is 0 Å². The maximum absolute atomic E-state index is 13.1. The van der Waals surface area contributed by atoms with E-state index >= 15 is 0 Å². The van der Waals surface area contributed by atoms with Crippen molar-refractivity contribution in [2.45, 2.75) is 20.1 Å². The molecule has 1 rings (SSSR count). The summed E-state index contributed by atoms with van der Waals surface area (Å²) in [5.74, 6) is -9.35. The summed E-state index contributed by atoms with van der Waals surface area (Å²) in [4.78, 5) is 0. The Balaban J connectivity index is 3.52. The first-order valence-electron chi connectivity index (χ1n) is 4.43. The van der Waals surface area contributed by atoms with Crippen molar-refractivity contribution in [3.05, 3.63) is 29.1 Å². The van der Waals surface area contributed by atoms with E-state index in [-0.39, 0.29) is 0 Å². The van der Waals surface area contributed by atoms with Crippen LogP contribution in [0.3, 0.4) is 0 Å². The molecule has 0 nitrogen and oxygen atoms in total. The third kappa shape index (κ3) is 1.85. The molecule has 0 amide bonds. The van der Waals surface area contributed by atoms with Crippen molar-refractivity contribution in [2.24, 2.45) is 0 Å². The molecule has 0 spiro atoms. The summed E-state index contributed by atoms with van der Waals surface area (Å²) < 4.78 is 64.4. The highest BCUT2D eigenvalue weighted by molar-refractivity contribution is 6.72. The molecule has 0 aliphatic rings. The largest absolute Gasteiger partial charge is 0.204 e. The van der Waals surface area contributed by atoms with Gasteiger partial charge in [-0.25, -0.2) is 22.0 Å². The quantitative estimate of drug-likeness (QED) is 0.312. The second-order valence-electron chi connectivity index (χ2n) is 3.29. The Labute approximate surface area is 84.2 Å². The first-order chi connectivity index (χ1) is 6.91. The molecule has 82 valence electrons. The van der Waals surface area contributed by atoms with Crippen molar-refractivity contribution in [2.75, 3.05) is 0 Å². The smallest absolute Gasteiger partial charge is 0.200 e. The first kappa shape index (κ1) is 12.0. The number of benzene rings is 1. The zero-order chi connectivity index (χ0) is 11.7. The van der Waals surface area contributed by atoms with Crippen LogP contribution in [0.1, 0.15) is 6.92 Å². The van der Waals surface area contributed by atoms with E-state index in [0.717, 1.165) is 0 Å². The number of halogens is 5. The Bertz CT molecular complexity index is 362. The average Bonchev–Trinajstić information content (AvgIpc) is 2.23. The lowest BCUT2D eigenvalue weighted by Gasteiger charge is -2.10. The molecule has 15 heavy (non-hydrogen) atoms. The molecule has 0 aliphatic carbocycles. The Morgan fingerprint density at radius 1 is 0.800 bits per heavy atom. The van der Waals surface area contributed by atoms with Crippen LogP contribution in [-0.4, -0.2) is 6.71 Å². The van der Waals surface area contributed by atoms with Gasteiger partial charge in [0.05, 0.1) is 0 Å². The Hall–Kier alpha value is -1.07. The molecule has 0 heterocycles. The first-order valence-corrected chi connectivity index (χ1v) is 4.43. The zero-order valence-electron chi connectivity index (χ0n) is 8.17. The topological polar surface area (TPSA) is 0 Å². The fourth-order valence-corrected chi connectivity index (χ4v) is 1.26. The SMILES string of the molecule is CCB(C)c1c(F)c(F)c(F)c(F)c1F. The van der Waals surface area contributed by atoms with E-state index < -0.39 is 41.3 Å². The van der Waals surface area contributed by atoms with Crippen molar-refractivity contribution < 1.29 is 22.0 Å². The molecule has 6 heteroatoms. The lowest BCUT2D eigenvalue weighted by Crippen LogP contribution is -2.34. The van der Waals surface area contributed by atoms with E-state index in [2.05, 4.69) is 0 Å². The van der Waals surface area contributed by atoms with E-state index in [1.54, 1.807) is 6.92 Å². The predicted molar refractivity (Wildman–Crippen MR) is 48.0 cm³/mol. The van der Waals surface area contributed by atoms with Gasteiger partial charge in [0.15, 0.2) is 35.8 Å². The second-order valence-corrected chi connectivity index (χ2v) is 3.29. The van der Waals surface area contributed by atoms with Gasteiger partial charge < -0.3 is 0 Å². The Kier molecular flexibility index (Phi) is 3.37. The second kappa shape index (κ2) is 4.20. The molecule has 0 radical (unpaired) electrons. The molecule has 0 fully saturated rings. The van der Waals surface area contributed by atoms with Gasteiger partial charge in [-0.05, 0) is 5.46 Å².